The number of aryl methyl sites for hydroxylation is 2. The van der Waals surface area contributed by atoms with E-state index in [4.69, 9.17) is 9.47 Å². The highest BCUT2D eigenvalue weighted by atomic mass is 79.9. The van der Waals surface area contributed by atoms with Crippen molar-refractivity contribution in [2.45, 2.75) is 20.5 Å². The Balaban J connectivity index is 1.41. The Morgan fingerprint density at radius 2 is 1.76 bits per heavy atom. The number of anilines is 1. The van der Waals surface area contributed by atoms with Gasteiger partial charge >= 0.3 is 11.8 Å². The molecule has 0 saturated carbocycles. The maximum absolute atomic E-state index is 12.2. The number of rotatable bonds is 7. The lowest BCUT2D eigenvalue weighted by Gasteiger charge is -2.14. The first-order chi connectivity index (χ1) is 17.9. The van der Waals surface area contributed by atoms with Gasteiger partial charge < -0.3 is 14.8 Å². The molecule has 0 bridgehead atoms. The van der Waals surface area contributed by atoms with Gasteiger partial charge in [0.1, 0.15) is 6.61 Å². The predicted molar refractivity (Wildman–Crippen MR) is 149 cm³/mol. The summed E-state index contributed by atoms with van der Waals surface area (Å²) in [5.41, 5.74) is 6.44. The van der Waals surface area contributed by atoms with Gasteiger partial charge in [0.25, 0.3) is 0 Å². The van der Waals surface area contributed by atoms with Crippen LogP contribution in [0.25, 0.3) is 10.8 Å². The molecule has 4 rings (SSSR count). The van der Waals surface area contributed by atoms with E-state index in [9.17, 15) is 9.59 Å². The van der Waals surface area contributed by atoms with Gasteiger partial charge in [-0.05, 0) is 75.4 Å². The third-order valence-electron chi connectivity index (χ3n) is 5.72. The lowest BCUT2D eigenvalue weighted by atomic mass is 10.1. The van der Waals surface area contributed by atoms with E-state index in [1.165, 1.54) is 6.21 Å². The molecule has 8 heteroatoms. The van der Waals surface area contributed by atoms with E-state index in [2.05, 4.69) is 50.0 Å². The van der Waals surface area contributed by atoms with E-state index in [1.807, 2.05) is 50.2 Å². The summed E-state index contributed by atoms with van der Waals surface area (Å²) in [7, 11) is 1.55. The highest BCUT2D eigenvalue weighted by molar-refractivity contribution is 9.10. The summed E-state index contributed by atoms with van der Waals surface area (Å²) in [6, 6.07) is 23.3. The molecule has 0 unspecified atom stereocenters. The van der Waals surface area contributed by atoms with Crippen LogP contribution in [0.3, 0.4) is 0 Å². The van der Waals surface area contributed by atoms with Crippen LogP contribution in [0.1, 0.15) is 22.3 Å². The fourth-order valence-electron chi connectivity index (χ4n) is 3.87. The zero-order chi connectivity index (χ0) is 26.4. The van der Waals surface area contributed by atoms with Crippen molar-refractivity contribution in [1.29, 1.82) is 0 Å². The van der Waals surface area contributed by atoms with E-state index in [-0.39, 0.29) is 0 Å². The number of fused-ring (bicyclic) bond motifs is 1. The van der Waals surface area contributed by atoms with Crippen LogP contribution >= 0.6 is 15.9 Å². The van der Waals surface area contributed by atoms with E-state index in [0.29, 0.717) is 33.8 Å². The van der Waals surface area contributed by atoms with Crippen molar-refractivity contribution in [3.8, 4) is 11.5 Å². The Morgan fingerprint density at radius 1 is 0.973 bits per heavy atom. The zero-order valence-electron chi connectivity index (χ0n) is 20.7. The van der Waals surface area contributed by atoms with E-state index in [0.717, 1.165) is 27.5 Å². The molecular weight excluding hydrogens is 534 g/mol. The molecule has 0 saturated heterocycles. The number of carbonyl (C=O) groups excluding carboxylic acids is 2. The summed E-state index contributed by atoms with van der Waals surface area (Å²) in [5.74, 6) is -0.642. The van der Waals surface area contributed by atoms with Crippen molar-refractivity contribution in [3.05, 3.63) is 99.5 Å². The molecule has 0 aromatic heterocycles. The van der Waals surface area contributed by atoms with Crippen molar-refractivity contribution >= 4 is 50.4 Å². The lowest BCUT2D eigenvalue weighted by Crippen LogP contribution is -2.32. The average Bonchev–Trinajstić information content (AvgIpc) is 2.89. The van der Waals surface area contributed by atoms with Crippen molar-refractivity contribution < 1.29 is 19.1 Å². The van der Waals surface area contributed by atoms with Crippen LogP contribution in [0.15, 0.2) is 82.4 Å². The minimum atomic E-state index is -0.878. The summed E-state index contributed by atoms with van der Waals surface area (Å²) >= 11 is 3.54. The number of ether oxygens (including phenoxy) is 2. The SMILES string of the molecule is COc1cc(C=NNC(=O)C(=O)Nc2ccc(C)cc2C)cc(Br)c1OCc1cccc2ccccc12. The number of nitrogens with zero attached hydrogens (tertiary/aromatic N) is 1. The first kappa shape index (κ1) is 25.9. The van der Waals surface area contributed by atoms with Crippen LogP contribution in [-0.4, -0.2) is 25.1 Å². The molecule has 0 spiro atoms. The van der Waals surface area contributed by atoms with Gasteiger partial charge in [0.15, 0.2) is 11.5 Å². The Labute approximate surface area is 223 Å². The molecule has 0 aliphatic heterocycles. The highest BCUT2D eigenvalue weighted by Crippen LogP contribution is 2.37. The number of hydrogen-bond acceptors (Lipinski definition) is 5. The van der Waals surface area contributed by atoms with E-state index >= 15 is 0 Å². The first-order valence-electron chi connectivity index (χ1n) is 11.5. The Hall–Kier alpha value is -4.17. The summed E-state index contributed by atoms with van der Waals surface area (Å²) in [6.07, 6.45) is 1.42. The molecule has 0 radical (unpaired) electrons. The van der Waals surface area contributed by atoms with Crippen molar-refractivity contribution in [2.24, 2.45) is 5.10 Å². The van der Waals surface area contributed by atoms with Crippen LogP contribution < -0.4 is 20.2 Å². The van der Waals surface area contributed by atoms with Gasteiger partial charge in [-0.2, -0.15) is 5.10 Å². The second-order valence-electron chi connectivity index (χ2n) is 8.43. The molecule has 0 fully saturated rings. The number of carbonyl (C=O) groups is 2. The van der Waals surface area contributed by atoms with Crippen molar-refractivity contribution in [2.75, 3.05) is 12.4 Å². The molecular formula is C29H26BrN3O4. The fraction of sp³-hybridized carbons (Fsp3) is 0.138. The number of methoxy groups -OCH3 is 1. The van der Waals surface area contributed by atoms with Gasteiger partial charge in [0.05, 0.1) is 17.8 Å². The molecule has 0 atom stereocenters. The number of amides is 2. The number of hydrogen-bond donors (Lipinski definition) is 2. The molecule has 4 aromatic carbocycles. The van der Waals surface area contributed by atoms with Gasteiger partial charge in [0.2, 0.25) is 0 Å². The van der Waals surface area contributed by atoms with Crippen LogP contribution in [0.5, 0.6) is 11.5 Å². The Bertz CT molecular complexity index is 1500. The van der Waals surface area contributed by atoms with Crippen molar-refractivity contribution in [3.63, 3.8) is 0 Å². The Morgan fingerprint density at radius 3 is 2.54 bits per heavy atom. The van der Waals surface area contributed by atoms with Gasteiger partial charge in [0, 0.05) is 5.69 Å². The minimum absolute atomic E-state index is 0.357. The summed E-state index contributed by atoms with van der Waals surface area (Å²) < 4.78 is 12.3. The number of hydrazone groups is 1. The largest absolute Gasteiger partial charge is 0.493 e. The minimum Gasteiger partial charge on any atom is -0.493 e. The van der Waals surface area contributed by atoms with E-state index in [1.54, 1.807) is 25.3 Å². The van der Waals surface area contributed by atoms with Crippen LogP contribution in [0, 0.1) is 13.8 Å². The molecule has 188 valence electrons. The fourth-order valence-corrected chi connectivity index (χ4v) is 4.45. The lowest BCUT2D eigenvalue weighted by molar-refractivity contribution is -0.136. The third-order valence-corrected chi connectivity index (χ3v) is 6.31. The summed E-state index contributed by atoms with van der Waals surface area (Å²) in [6.45, 7) is 4.17. The summed E-state index contributed by atoms with van der Waals surface area (Å²) in [5, 5.41) is 8.77. The summed E-state index contributed by atoms with van der Waals surface area (Å²) in [4.78, 5) is 24.4. The van der Waals surface area contributed by atoms with Gasteiger partial charge in [-0.3, -0.25) is 9.59 Å². The molecule has 7 nitrogen and oxygen atoms in total. The second-order valence-corrected chi connectivity index (χ2v) is 9.29. The smallest absolute Gasteiger partial charge is 0.329 e. The molecule has 0 aliphatic rings. The number of halogens is 1. The quantitative estimate of drug-likeness (QED) is 0.168. The Kier molecular flexibility index (Phi) is 8.20. The second kappa shape index (κ2) is 11.7. The monoisotopic (exact) mass is 559 g/mol. The molecule has 0 heterocycles. The molecule has 2 amide bonds. The maximum atomic E-state index is 12.2. The standard InChI is InChI=1S/C29H26BrN3O4/c1-18-11-12-25(19(2)13-18)32-28(34)29(35)33-31-16-20-14-24(30)27(26(15-20)36-3)37-17-22-9-6-8-21-7-4-5-10-23(21)22/h4-16H,17H2,1-3H3,(H,32,34)(H,33,35). The van der Waals surface area contributed by atoms with Crippen molar-refractivity contribution in [1.82, 2.24) is 5.43 Å². The van der Waals surface area contributed by atoms with Gasteiger partial charge in [-0.15, -0.1) is 0 Å². The molecule has 2 N–H and O–H groups in total. The molecule has 37 heavy (non-hydrogen) atoms. The van der Waals surface area contributed by atoms with E-state index < -0.39 is 11.8 Å². The number of nitrogens with one attached hydrogen (secondary N) is 2. The number of benzene rings is 4. The highest BCUT2D eigenvalue weighted by Gasteiger charge is 2.15. The third kappa shape index (κ3) is 6.34. The molecule has 0 aliphatic carbocycles. The van der Waals surface area contributed by atoms with Gasteiger partial charge in [-0.25, -0.2) is 5.43 Å². The zero-order valence-corrected chi connectivity index (χ0v) is 22.3. The van der Waals surface area contributed by atoms with Crippen LogP contribution in [-0.2, 0) is 16.2 Å². The van der Waals surface area contributed by atoms with Crippen LogP contribution in [0.2, 0.25) is 0 Å². The predicted octanol–water partition coefficient (Wildman–Crippen LogP) is 5.90. The normalized spacial score (nSPS) is 10.9. The van der Waals surface area contributed by atoms with Crippen LogP contribution in [0.4, 0.5) is 5.69 Å². The average molecular weight is 560 g/mol. The first-order valence-corrected chi connectivity index (χ1v) is 12.3. The maximum Gasteiger partial charge on any atom is 0.329 e. The van der Waals surface area contributed by atoms with Gasteiger partial charge in [-0.1, -0.05) is 60.2 Å². The molecule has 4 aromatic rings. The topological polar surface area (TPSA) is 89.0 Å².